The van der Waals surface area contributed by atoms with Gasteiger partial charge in [-0.1, -0.05) is 18.2 Å². The summed E-state index contributed by atoms with van der Waals surface area (Å²) in [6.07, 6.45) is 1.74. The lowest BCUT2D eigenvalue weighted by Crippen LogP contribution is -2.07. The zero-order valence-electron chi connectivity index (χ0n) is 6.50. The Morgan fingerprint density at radius 3 is 2.33 bits per heavy atom. The third-order valence-corrected chi connectivity index (χ3v) is 4.50. The van der Waals surface area contributed by atoms with Gasteiger partial charge >= 0.3 is 0 Å². The van der Waals surface area contributed by atoms with Crippen LogP contribution in [0.2, 0.25) is 0 Å². The van der Waals surface area contributed by atoms with Gasteiger partial charge in [0.1, 0.15) is 4.21 Å². The zero-order valence-corrected chi connectivity index (χ0v) is 8.07. The van der Waals surface area contributed by atoms with Crippen molar-refractivity contribution in [2.75, 3.05) is 0 Å². The van der Waals surface area contributed by atoms with Gasteiger partial charge < -0.3 is 0 Å². The van der Waals surface area contributed by atoms with Crippen molar-refractivity contribution in [3.05, 3.63) is 30.3 Å². The smallest absolute Gasteiger partial charge is 0.124 e. The average Bonchev–Trinajstić information content (AvgIpc) is 2.85. The van der Waals surface area contributed by atoms with E-state index in [4.69, 9.17) is 11.6 Å². The topological polar surface area (TPSA) is 17.1 Å². The second-order valence-corrected chi connectivity index (χ2v) is 5.70. The molecular weight excluding hydrogens is 192 g/mol. The Bertz CT molecular complexity index is 306. The molecule has 0 aromatic heterocycles. The van der Waals surface area contributed by atoms with Crippen LogP contribution in [-0.4, -0.2) is 8.42 Å². The molecule has 0 saturated heterocycles. The second kappa shape index (κ2) is 2.86. The second-order valence-electron chi connectivity index (χ2n) is 2.96. The van der Waals surface area contributed by atoms with E-state index < -0.39 is 15.0 Å². The summed E-state index contributed by atoms with van der Waals surface area (Å²) in [5, 5.41) is 0. The molecule has 0 unspecified atom stereocenters. The molecule has 0 bridgehead atoms. The number of benzene rings is 1. The van der Waals surface area contributed by atoms with Crippen molar-refractivity contribution in [3.63, 3.8) is 0 Å². The molecule has 12 heavy (non-hydrogen) atoms. The molecule has 0 radical (unpaired) electrons. The van der Waals surface area contributed by atoms with Crippen molar-refractivity contribution in [2.24, 2.45) is 0 Å². The SMILES string of the molecule is O=[S@](c1ccccc1)C1(Cl)CC1. The van der Waals surface area contributed by atoms with Crippen LogP contribution < -0.4 is 0 Å². The van der Waals surface area contributed by atoms with Crippen LogP contribution in [0.5, 0.6) is 0 Å². The van der Waals surface area contributed by atoms with Crippen LogP contribution >= 0.6 is 11.6 Å². The highest BCUT2D eigenvalue weighted by atomic mass is 35.5. The van der Waals surface area contributed by atoms with Crippen molar-refractivity contribution in [2.45, 2.75) is 21.9 Å². The minimum Gasteiger partial charge on any atom is -0.253 e. The fourth-order valence-electron chi connectivity index (χ4n) is 1.04. The molecule has 0 spiro atoms. The summed E-state index contributed by atoms with van der Waals surface area (Å²) in [7, 11) is -1.02. The molecule has 64 valence electrons. The van der Waals surface area contributed by atoms with E-state index in [1.807, 2.05) is 30.3 Å². The van der Waals surface area contributed by atoms with Gasteiger partial charge in [0.15, 0.2) is 0 Å². The highest BCUT2D eigenvalue weighted by molar-refractivity contribution is 7.88. The summed E-state index contributed by atoms with van der Waals surface area (Å²) in [5.41, 5.74) is 0. The molecule has 1 aromatic carbocycles. The first-order valence-corrected chi connectivity index (χ1v) is 5.41. The maximum Gasteiger partial charge on any atom is 0.124 e. The fraction of sp³-hybridized carbons (Fsp3) is 0.333. The van der Waals surface area contributed by atoms with Crippen molar-refractivity contribution in [1.29, 1.82) is 0 Å². The molecular formula is C9H9ClOS. The standard InChI is InChI=1S/C9H9ClOS/c10-9(6-7-9)12(11)8-4-2-1-3-5-8/h1-5H,6-7H2/t12-/m1/s1. The van der Waals surface area contributed by atoms with Gasteiger partial charge in [0.2, 0.25) is 0 Å². The van der Waals surface area contributed by atoms with Gasteiger partial charge in [0, 0.05) is 4.90 Å². The van der Waals surface area contributed by atoms with Crippen LogP contribution in [0.15, 0.2) is 35.2 Å². The summed E-state index contributed by atoms with van der Waals surface area (Å²) in [4.78, 5) is 0.838. The predicted octanol–water partition coefficient (Wildman–Crippen LogP) is 2.52. The van der Waals surface area contributed by atoms with Crippen molar-refractivity contribution >= 4 is 22.4 Å². The quantitative estimate of drug-likeness (QED) is 0.671. The van der Waals surface area contributed by atoms with E-state index in [9.17, 15) is 4.21 Å². The summed E-state index contributed by atoms with van der Waals surface area (Å²) in [6, 6.07) is 9.40. The Morgan fingerprint density at radius 1 is 1.25 bits per heavy atom. The summed E-state index contributed by atoms with van der Waals surface area (Å²) in [6.45, 7) is 0. The lowest BCUT2D eigenvalue weighted by atomic mass is 10.4. The van der Waals surface area contributed by atoms with Crippen molar-refractivity contribution in [1.82, 2.24) is 0 Å². The Labute approximate surface area is 79.2 Å². The summed E-state index contributed by atoms with van der Waals surface area (Å²) >= 11 is 6.03. The predicted molar refractivity (Wildman–Crippen MR) is 50.7 cm³/mol. The molecule has 1 aliphatic carbocycles. The molecule has 0 heterocycles. The Balaban J connectivity index is 2.26. The first-order chi connectivity index (χ1) is 5.72. The molecule has 0 amide bonds. The van der Waals surface area contributed by atoms with Crippen LogP contribution in [0.4, 0.5) is 0 Å². The summed E-state index contributed by atoms with van der Waals surface area (Å²) < 4.78 is 11.3. The molecule has 1 saturated carbocycles. The number of rotatable bonds is 2. The van der Waals surface area contributed by atoms with Gasteiger partial charge in [-0.3, -0.25) is 4.21 Å². The van der Waals surface area contributed by atoms with Gasteiger partial charge in [0.05, 0.1) is 10.8 Å². The van der Waals surface area contributed by atoms with E-state index in [0.29, 0.717) is 0 Å². The van der Waals surface area contributed by atoms with Crippen molar-refractivity contribution < 1.29 is 4.21 Å². The van der Waals surface area contributed by atoms with E-state index in [2.05, 4.69) is 0 Å². The number of halogens is 1. The largest absolute Gasteiger partial charge is 0.253 e. The average molecular weight is 201 g/mol. The third kappa shape index (κ3) is 1.41. The van der Waals surface area contributed by atoms with Crippen LogP contribution in [-0.2, 0) is 10.8 Å². The van der Waals surface area contributed by atoms with E-state index in [0.717, 1.165) is 17.7 Å². The van der Waals surface area contributed by atoms with Gasteiger partial charge in [-0.2, -0.15) is 0 Å². The molecule has 1 nitrogen and oxygen atoms in total. The van der Waals surface area contributed by atoms with E-state index in [-0.39, 0.29) is 0 Å². The molecule has 1 fully saturated rings. The number of hydrogen-bond acceptors (Lipinski definition) is 1. The van der Waals surface area contributed by atoms with E-state index >= 15 is 0 Å². The van der Waals surface area contributed by atoms with Gasteiger partial charge in [-0.25, -0.2) is 0 Å². The van der Waals surface area contributed by atoms with Gasteiger partial charge in [0.25, 0.3) is 0 Å². The lowest BCUT2D eigenvalue weighted by molar-refractivity contribution is 0.680. The monoisotopic (exact) mass is 200 g/mol. The zero-order chi connectivity index (χ0) is 8.60. The van der Waals surface area contributed by atoms with Gasteiger partial charge in [-0.15, -0.1) is 11.6 Å². The molecule has 1 aliphatic rings. The highest BCUT2D eigenvalue weighted by Gasteiger charge is 2.47. The van der Waals surface area contributed by atoms with E-state index in [1.165, 1.54) is 0 Å². The molecule has 2 rings (SSSR count). The molecule has 0 aliphatic heterocycles. The molecule has 3 heteroatoms. The van der Waals surface area contributed by atoms with E-state index in [1.54, 1.807) is 0 Å². The van der Waals surface area contributed by atoms with Crippen LogP contribution in [0.1, 0.15) is 12.8 Å². The lowest BCUT2D eigenvalue weighted by Gasteiger charge is -2.05. The first kappa shape index (κ1) is 8.27. The van der Waals surface area contributed by atoms with Crippen LogP contribution in [0.25, 0.3) is 0 Å². The fourth-order valence-corrected chi connectivity index (χ4v) is 2.70. The molecule has 1 atom stereocenters. The first-order valence-electron chi connectivity index (χ1n) is 3.88. The van der Waals surface area contributed by atoms with Gasteiger partial charge in [-0.05, 0) is 25.0 Å². The third-order valence-electron chi connectivity index (χ3n) is 1.93. The highest BCUT2D eigenvalue weighted by Crippen LogP contribution is 2.47. The maximum absolute atomic E-state index is 11.7. The number of hydrogen-bond donors (Lipinski definition) is 0. The Kier molecular flexibility index (Phi) is 1.97. The van der Waals surface area contributed by atoms with Crippen LogP contribution in [0, 0.1) is 0 Å². The molecule has 0 N–H and O–H groups in total. The molecule has 1 aromatic rings. The Morgan fingerprint density at radius 2 is 1.83 bits per heavy atom. The van der Waals surface area contributed by atoms with Crippen molar-refractivity contribution in [3.8, 4) is 0 Å². The maximum atomic E-state index is 11.7. The minimum absolute atomic E-state index is 0.443. The minimum atomic E-state index is -1.02. The van der Waals surface area contributed by atoms with Crippen LogP contribution in [0.3, 0.4) is 0 Å². The normalized spacial score (nSPS) is 21.8. The Hall–Kier alpha value is -0.340. The summed E-state index contributed by atoms with van der Waals surface area (Å²) in [5.74, 6) is 0. The number of alkyl halides is 1.